The molecule has 0 atom stereocenters. The minimum absolute atomic E-state index is 0.248. The van der Waals surface area contributed by atoms with Crippen LogP contribution in [0.1, 0.15) is 11.5 Å². The molecule has 1 N–H and O–H groups in total. The predicted molar refractivity (Wildman–Crippen MR) is 67.7 cm³/mol. The van der Waals surface area contributed by atoms with Gasteiger partial charge in [0.15, 0.2) is 0 Å². The lowest BCUT2D eigenvalue weighted by Crippen LogP contribution is -1.95. The highest BCUT2D eigenvalue weighted by molar-refractivity contribution is 5.74. The zero-order chi connectivity index (χ0) is 12.4. The zero-order valence-corrected chi connectivity index (χ0v) is 9.73. The fourth-order valence-electron chi connectivity index (χ4n) is 1.95. The summed E-state index contributed by atoms with van der Waals surface area (Å²) in [6, 6.07) is 10.4. The van der Waals surface area contributed by atoms with Crippen LogP contribution in [-0.2, 0) is 12.8 Å². The fraction of sp³-hybridized carbons (Fsp3) is 0.143. The molecule has 0 saturated heterocycles. The van der Waals surface area contributed by atoms with Crippen LogP contribution in [0.15, 0.2) is 42.6 Å². The Hall–Kier alpha value is -2.23. The number of nitrogens with zero attached hydrogens (tertiary/aromatic N) is 2. The van der Waals surface area contributed by atoms with Gasteiger partial charge in [0.2, 0.25) is 0 Å². The number of H-pyrrole nitrogens is 1. The van der Waals surface area contributed by atoms with Crippen LogP contribution in [0.5, 0.6) is 0 Å². The van der Waals surface area contributed by atoms with Gasteiger partial charge in [-0.1, -0.05) is 6.07 Å². The highest BCUT2D eigenvalue weighted by Gasteiger charge is 2.04. The number of fused-ring (bicyclic) bond motifs is 1. The number of halogens is 1. The van der Waals surface area contributed by atoms with E-state index in [9.17, 15) is 4.39 Å². The van der Waals surface area contributed by atoms with Crippen LogP contribution >= 0.6 is 0 Å². The monoisotopic (exact) mass is 241 g/mol. The molecule has 0 radical (unpaired) electrons. The Kier molecular flexibility index (Phi) is 2.76. The lowest BCUT2D eigenvalue weighted by molar-refractivity contribution is 0.629. The van der Waals surface area contributed by atoms with E-state index in [2.05, 4.69) is 15.0 Å². The quantitative estimate of drug-likeness (QED) is 0.766. The zero-order valence-electron chi connectivity index (χ0n) is 9.73. The minimum atomic E-state index is -0.248. The number of pyridine rings is 1. The van der Waals surface area contributed by atoms with E-state index in [1.807, 2.05) is 18.2 Å². The number of rotatable bonds is 3. The summed E-state index contributed by atoms with van der Waals surface area (Å²) < 4.78 is 13.0. The number of aryl methyl sites for hydroxylation is 2. The van der Waals surface area contributed by atoms with E-state index < -0.39 is 0 Å². The number of aromatic amines is 1. The van der Waals surface area contributed by atoms with Gasteiger partial charge in [-0.15, -0.1) is 0 Å². The first-order valence-electron chi connectivity index (χ1n) is 5.85. The van der Waals surface area contributed by atoms with E-state index >= 15 is 0 Å². The third-order valence-corrected chi connectivity index (χ3v) is 2.84. The first-order chi connectivity index (χ1) is 8.81. The highest BCUT2D eigenvalue weighted by Crippen LogP contribution is 2.13. The van der Waals surface area contributed by atoms with E-state index in [0.29, 0.717) is 0 Å². The molecule has 2 aromatic heterocycles. The third-order valence-electron chi connectivity index (χ3n) is 2.84. The molecule has 0 amide bonds. The van der Waals surface area contributed by atoms with Crippen LogP contribution in [0.25, 0.3) is 11.0 Å². The van der Waals surface area contributed by atoms with Gasteiger partial charge >= 0.3 is 0 Å². The highest BCUT2D eigenvalue weighted by atomic mass is 19.1. The number of imidazole rings is 1. The summed E-state index contributed by atoms with van der Waals surface area (Å²) in [5, 5.41) is 0. The van der Waals surface area contributed by atoms with Gasteiger partial charge < -0.3 is 4.98 Å². The molecule has 3 rings (SSSR count). The molecule has 0 bridgehead atoms. The molecule has 0 aliphatic carbocycles. The van der Waals surface area contributed by atoms with Crippen molar-refractivity contribution in [2.24, 2.45) is 0 Å². The van der Waals surface area contributed by atoms with Gasteiger partial charge in [0.25, 0.3) is 0 Å². The molecule has 3 nitrogen and oxygen atoms in total. The van der Waals surface area contributed by atoms with Crippen molar-refractivity contribution in [3.05, 3.63) is 59.9 Å². The van der Waals surface area contributed by atoms with Crippen molar-refractivity contribution in [2.75, 3.05) is 0 Å². The second-order valence-electron chi connectivity index (χ2n) is 4.17. The molecular formula is C14H12FN3. The molecule has 0 aliphatic heterocycles. The summed E-state index contributed by atoms with van der Waals surface area (Å²) in [7, 11) is 0. The molecule has 0 unspecified atom stereocenters. The van der Waals surface area contributed by atoms with Crippen molar-refractivity contribution >= 4 is 11.0 Å². The molecule has 4 heteroatoms. The predicted octanol–water partition coefficient (Wildman–Crippen LogP) is 2.88. The Balaban J connectivity index is 1.79. The van der Waals surface area contributed by atoms with Crippen molar-refractivity contribution in [1.82, 2.24) is 15.0 Å². The topological polar surface area (TPSA) is 41.6 Å². The maximum atomic E-state index is 13.0. The molecule has 0 fully saturated rings. The van der Waals surface area contributed by atoms with Crippen LogP contribution in [0.4, 0.5) is 4.39 Å². The van der Waals surface area contributed by atoms with Crippen molar-refractivity contribution in [3.63, 3.8) is 0 Å². The molecule has 90 valence electrons. The van der Waals surface area contributed by atoms with E-state index in [-0.39, 0.29) is 5.82 Å². The normalized spacial score (nSPS) is 10.9. The number of aromatic nitrogens is 3. The maximum absolute atomic E-state index is 13.0. The van der Waals surface area contributed by atoms with E-state index in [1.54, 1.807) is 12.3 Å². The van der Waals surface area contributed by atoms with Gasteiger partial charge in [-0.2, -0.15) is 0 Å². The van der Waals surface area contributed by atoms with Gasteiger partial charge in [-0.25, -0.2) is 9.37 Å². The first-order valence-corrected chi connectivity index (χ1v) is 5.85. The second-order valence-corrected chi connectivity index (χ2v) is 4.17. The molecule has 0 aliphatic rings. The van der Waals surface area contributed by atoms with Crippen LogP contribution < -0.4 is 0 Å². The average molecular weight is 241 g/mol. The van der Waals surface area contributed by atoms with Crippen molar-refractivity contribution in [1.29, 1.82) is 0 Å². The molecule has 1 aromatic carbocycles. The lowest BCUT2D eigenvalue weighted by Gasteiger charge is -1.96. The third kappa shape index (κ3) is 2.22. The summed E-state index contributed by atoms with van der Waals surface area (Å²) in [4.78, 5) is 11.8. The smallest absolute Gasteiger partial charge is 0.125 e. The average Bonchev–Trinajstić information content (AvgIpc) is 2.79. The second kappa shape index (κ2) is 4.56. The Morgan fingerprint density at radius 1 is 1.11 bits per heavy atom. The van der Waals surface area contributed by atoms with Gasteiger partial charge in [0, 0.05) is 18.3 Å². The molecule has 0 spiro atoms. The maximum Gasteiger partial charge on any atom is 0.125 e. The van der Waals surface area contributed by atoms with Crippen LogP contribution in [0, 0.1) is 5.82 Å². The van der Waals surface area contributed by atoms with Crippen molar-refractivity contribution in [3.8, 4) is 0 Å². The lowest BCUT2D eigenvalue weighted by atomic mass is 10.2. The summed E-state index contributed by atoms with van der Waals surface area (Å²) in [5.41, 5.74) is 2.57. The van der Waals surface area contributed by atoms with Crippen LogP contribution in [-0.4, -0.2) is 15.0 Å². The number of benzene rings is 1. The summed E-state index contributed by atoms with van der Waals surface area (Å²) in [5.74, 6) is 0.615. The first kappa shape index (κ1) is 10.9. The Labute approximate surface area is 104 Å². The Bertz CT molecular complexity index is 661. The summed E-state index contributed by atoms with van der Waals surface area (Å²) in [6.07, 6.45) is 3.37. The summed E-state index contributed by atoms with van der Waals surface area (Å²) in [6.45, 7) is 0. The van der Waals surface area contributed by atoms with Crippen molar-refractivity contribution in [2.45, 2.75) is 12.8 Å². The van der Waals surface area contributed by atoms with E-state index in [1.165, 1.54) is 12.1 Å². The Morgan fingerprint density at radius 2 is 2.06 bits per heavy atom. The molecule has 2 heterocycles. The largest absolute Gasteiger partial charge is 0.342 e. The minimum Gasteiger partial charge on any atom is -0.342 e. The van der Waals surface area contributed by atoms with Crippen LogP contribution in [0.2, 0.25) is 0 Å². The molecular weight excluding hydrogens is 229 g/mol. The molecule has 18 heavy (non-hydrogen) atoms. The summed E-state index contributed by atoms with van der Waals surface area (Å²) >= 11 is 0. The van der Waals surface area contributed by atoms with Gasteiger partial charge in [0.1, 0.15) is 11.6 Å². The fourth-order valence-corrected chi connectivity index (χ4v) is 1.95. The standard InChI is InChI=1S/C14H12FN3/c15-10-4-6-12-13(9-10)18-14(17-12)7-5-11-3-1-2-8-16-11/h1-4,6,8-9H,5,7H2,(H,17,18). The van der Waals surface area contributed by atoms with Crippen molar-refractivity contribution < 1.29 is 4.39 Å². The number of hydrogen-bond donors (Lipinski definition) is 1. The van der Waals surface area contributed by atoms with E-state index in [0.717, 1.165) is 35.4 Å². The van der Waals surface area contributed by atoms with Gasteiger partial charge in [-0.3, -0.25) is 4.98 Å². The number of hydrogen-bond acceptors (Lipinski definition) is 2. The number of nitrogens with one attached hydrogen (secondary N) is 1. The van der Waals surface area contributed by atoms with E-state index in [4.69, 9.17) is 0 Å². The Morgan fingerprint density at radius 3 is 2.89 bits per heavy atom. The van der Waals surface area contributed by atoms with Gasteiger partial charge in [-0.05, 0) is 36.8 Å². The SMILES string of the molecule is Fc1ccc2nc(CCc3ccccn3)[nH]c2c1. The van der Waals surface area contributed by atoms with Crippen LogP contribution in [0.3, 0.4) is 0 Å². The molecule has 0 saturated carbocycles. The van der Waals surface area contributed by atoms with Gasteiger partial charge in [0.05, 0.1) is 11.0 Å². The molecule has 3 aromatic rings.